The summed E-state index contributed by atoms with van der Waals surface area (Å²) in [7, 11) is 0. The molecule has 19 heavy (non-hydrogen) atoms. The van der Waals surface area contributed by atoms with Crippen LogP contribution < -0.4 is 10.1 Å². The van der Waals surface area contributed by atoms with Crippen LogP contribution in [0.15, 0.2) is 12.1 Å². The van der Waals surface area contributed by atoms with E-state index in [2.05, 4.69) is 19.2 Å². The smallest absolute Gasteiger partial charge is 0.142 e. The molecule has 0 spiro atoms. The minimum Gasteiger partial charge on any atom is -0.492 e. The molecule has 3 rings (SSSR count). The Morgan fingerprint density at radius 1 is 1.37 bits per heavy atom. The van der Waals surface area contributed by atoms with Crippen molar-refractivity contribution in [3.05, 3.63) is 27.7 Å². The molecule has 0 aromatic heterocycles. The second-order valence-corrected chi connectivity index (χ2v) is 7.14. The molecule has 1 aliphatic carbocycles. The Hall–Kier alpha value is -0.440. The fourth-order valence-electron chi connectivity index (χ4n) is 2.85. The normalized spacial score (nSPS) is 27.6. The van der Waals surface area contributed by atoms with Gasteiger partial charge < -0.3 is 10.1 Å². The fourth-order valence-corrected chi connectivity index (χ4v) is 3.41. The van der Waals surface area contributed by atoms with E-state index in [1.807, 2.05) is 6.07 Å². The van der Waals surface area contributed by atoms with E-state index in [0.717, 1.165) is 30.2 Å². The maximum atomic E-state index is 6.20. The Bertz CT molecular complexity index is 501. The number of benzene rings is 1. The van der Waals surface area contributed by atoms with Gasteiger partial charge in [0, 0.05) is 23.0 Å². The highest BCUT2D eigenvalue weighted by Gasteiger charge is 2.45. The largest absolute Gasteiger partial charge is 0.492 e. The lowest BCUT2D eigenvalue weighted by Gasteiger charge is -2.28. The van der Waals surface area contributed by atoms with Gasteiger partial charge in [-0.2, -0.15) is 0 Å². The molecule has 0 saturated heterocycles. The Balaban J connectivity index is 1.75. The zero-order chi connectivity index (χ0) is 13.6. The lowest BCUT2D eigenvalue weighted by Crippen LogP contribution is -2.29. The van der Waals surface area contributed by atoms with Crippen LogP contribution in [0.25, 0.3) is 0 Å². The van der Waals surface area contributed by atoms with Crippen molar-refractivity contribution in [1.29, 1.82) is 0 Å². The molecular formula is C15H19Cl2NO. The van der Waals surface area contributed by atoms with E-state index >= 15 is 0 Å². The Labute approximate surface area is 124 Å². The average molecular weight is 300 g/mol. The summed E-state index contributed by atoms with van der Waals surface area (Å²) in [5.74, 6) is 1.58. The van der Waals surface area contributed by atoms with Gasteiger partial charge in [0.05, 0.1) is 11.6 Å². The van der Waals surface area contributed by atoms with Crippen LogP contribution in [0, 0.1) is 11.3 Å². The molecule has 2 nitrogen and oxygen atoms in total. The van der Waals surface area contributed by atoms with Crippen LogP contribution in [-0.4, -0.2) is 13.2 Å². The first-order valence-corrected chi connectivity index (χ1v) is 7.58. The number of hydrogen-bond acceptors (Lipinski definition) is 2. The van der Waals surface area contributed by atoms with Crippen LogP contribution in [0.1, 0.15) is 38.3 Å². The first-order valence-electron chi connectivity index (χ1n) is 6.82. The van der Waals surface area contributed by atoms with Crippen LogP contribution in [0.5, 0.6) is 5.75 Å². The summed E-state index contributed by atoms with van der Waals surface area (Å²) < 4.78 is 5.67. The SMILES string of the molecule is CC1(C)CC1CNC1CCOc2c(Cl)cc(Cl)cc21. The number of ether oxygens (including phenoxy) is 1. The molecule has 1 aromatic rings. The van der Waals surface area contributed by atoms with E-state index in [1.54, 1.807) is 6.07 Å². The van der Waals surface area contributed by atoms with Gasteiger partial charge in [0.25, 0.3) is 0 Å². The molecule has 2 aliphatic rings. The van der Waals surface area contributed by atoms with Crippen LogP contribution in [0.2, 0.25) is 10.0 Å². The van der Waals surface area contributed by atoms with Gasteiger partial charge in [-0.15, -0.1) is 0 Å². The summed E-state index contributed by atoms with van der Waals surface area (Å²) >= 11 is 12.3. The molecule has 1 fully saturated rings. The average Bonchev–Trinajstić information content (AvgIpc) is 2.94. The van der Waals surface area contributed by atoms with Crippen molar-refractivity contribution in [2.75, 3.05) is 13.2 Å². The number of fused-ring (bicyclic) bond motifs is 1. The third-order valence-electron chi connectivity index (χ3n) is 4.39. The molecule has 0 radical (unpaired) electrons. The monoisotopic (exact) mass is 299 g/mol. The lowest BCUT2D eigenvalue weighted by molar-refractivity contribution is 0.251. The van der Waals surface area contributed by atoms with E-state index < -0.39 is 0 Å². The molecule has 104 valence electrons. The van der Waals surface area contributed by atoms with E-state index in [1.165, 1.54) is 6.42 Å². The van der Waals surface area contributed by atoms with Gasteiger partial charge in [-0.05, 0) is 36.4 Å². The molecule has 1 heterocycles. The highest BCUT2D eigenvalue weighted by Crippen LogP contribution is 2.51. The minimum atomic E-state index is 0.302. The molecule has 1 aromatic carbocycles. The topological polar surface area (TPSA) is 21.3 Å². The van der Waals surface area contributed by atoms with E-state index in [9.17, 15) is 0 Å². The zero-order valence-electron chi connectivity index (χ0n) is 11.3. The van der Waals surface area contributed by atoms with Gasteiger partial charge in [0.1, 0.15) is 5.75 Å². The first-order chi connectivity index (χ1) is 8.97. The van der Waals surface area contributed by atoms with Crippen molar-refractivity contribution in [2.45, 2.75) is 32.7 Å². The highest BCUT2D eigenvalue weighted by molar-refractivity contribution is 6.35. The molecule has 2 atom stereocenters. The molecule has 0 amide bonds. The number of nitrogens with one attached hydrogen (secondary N) is 1. The van der Waals surface area contributed by atoms with Gasteiger partial charge in [-0.3, -0.25) is 0 Å². The second-order valence-electron chi connectivity index (χ2n) is 6.29. The van der Waals surface area contributed by atoms with Crippen LogP contribution in [-0.2, 0) is 0 Å². The van der Waals surface area contributed by atoms with E-state index in [4.69, 9.17) is 27.9 Å². The maximum Gasteiger partial charge on any atom is 0.142 e. The third-order valence-corrected chi connectivity index (χ3v) is 4.89. The van der Waals surface area contributed by atoms with Crippen molar-refractivity contribution >= 4 is 23.2 Å². The Morgan fingerprint density at radius 2 is 2.11 bits per heavy atom. The molecule has 1 saturated carbocycles. The fraction of sp³-hybridized carbons (Fsp3) is 0.600. The van der Waals surface area contributed by atoms with Crippen LogP contribution >= 0.6 is 23.2 Å². The predicted octanol–water partition coefficient (Wildman–Crippen LogP) is 4.45. The summed E-state index contributed by atoms with van der Waals surface area (Å²) in [6.45, 7) is 6.41. The Morgan fingerprint density at radius 3 is 2.79 bits per heavy atom. The van der Waals surface area contributed by atoms with Crippen LogP contribution in [0.4, 0.5) is 0 Å². The molecule has 1 N–H and O–H groups in total. The van der Waals surface area contributed by atoms with Crippen LogP contribution in [0.3, 0.4) is 0 Å². The zero-order valence-corrected chi connectivity index (χ0v) is 12.8. The molecule has 0 bridgehead atoms. The quantitative estimate of drug-likeness (QED) is 0.890. The maximum absolute atomic E-state index is 6.20. The Kier molecular flexibility index (Phi) is 3.45. The van der Waals surface area contributed by atoms with Crippen molar-refractivity contribution in [3.8, 4) is 5.75 Å². The van der Waals surface area contributed by atoms with Gasteiger partial charge >= 0.3 is 0 Å². The van der Waals surface area contributed by atoms with E-state index in [0.29, 0.717) is 28.1 Å². The summed E-state index contributed by atoms with van der Waals surface area (Å²) in [6.07, 6.45) is 2.28. The third kappa shape index (κ3) is 2.72. The van der Waals surface area contributed by atoms with Crippen molar-refractivity contribution in [2.24, 2.45) is 11.3 Å². The predicted molar refractivity (Wildman–Crippen MR) is 79.2 cm³/mol. The summed E-state index contributed by atoms with van der Waals surface area (Å²) in [5, 5.41) is 4.94. The molecule has 4 heteroatoms. The standard InChI is InChI=1S/C15H19Cl2NO/c1-15(2)7-9(15)8-18-13-3-4-19-14-11(13)5-10(16)6-12(14)17/h5-6,9,13,18H,3-4,7-8H2,1-2H3. The number of hydrogen-bond donors (Lipinski definition) is 1. The first kappa shape index (κ1) is 13.5. The number of halogens is 2. The molecular weight excluding hydrogens is 281 g/mol. The molecule has 2 unspecified atom stereocenters. The van der Waals surface area contributed by atoms with Gasteiger partial charge in [-0.1, -0.05) is 37.0 Å². The van der Waals surface area contributed by atoms with Gasteiger partial charge in [0.15, 0.2) is 0 Å². The number of rotatable bonds is 3. The minimum absolute atomic E-state index is 0.302. The van der Waals surface area contributed by atoms with Gasteiger partial charge in [-0.25, -0.2) is 0 Å². The second kappa shape index (κ2) is 4.83. The van der Waals surface area contributed by atoms with Crippen molar-refractivity contribution in [3.63, 3.8) is 0 Å². The summed E-state index contributed by atoms with van der Waals surface area (Å²) in [4.78, 5) is 0. The highest BCUT2D eigenvalue weighted by atomic mass is 35.5. The summed E-state index contributed by atoms with van der Waals surface area (Å²) in [5.41, 5.74) is 1.61. The van der Waals surface area contributed by atoms with Gasteiger partial charge in [0.2, 0.25) is 0 Å². The molecule has 1 aliphatic heterocycles. The van der Waals surface area contributed by atoms with Crippen molar-refractivity contribution in [1.82, 2.24) is 5.32 Å². The van der Waals surface area contributed by atoms with E-state index in [-0.39, 0.29) is 0 Å². The summed E-state index contributed by atoms with van der Waals surface area (Å²) in [6, 6.07) is 4.02. The van der Waals surface area contributed by atoms with Crippen molar-refractivity contribution < 1.29 is 4.74 Å². The lowest BCUT2D eigenvalue weighted by atomic mass is 10.00.